The third-order valence-electron chi connectivity index (χ3n) is 2.95. The van der Waals surface area contributed by atoms with E-state index >= 15 is 0 Å². The number of anilines is 2. The van der Waals surface area contributed by atoms with Gasteiger partial charge in [-0.15, -0.1) is 5.10 Å². The van der Waals surface area contributed by atoms with Gasteiger partial charge in [0.25, 0.3) is 0 Å². The maximum Gasteiger partial charge on any atom is 0.247 e. The Morgan fingerprint density at radius 3 is 2.78 bits per heavy atom. The van der Waals surface area contributed by atoms with Gasteiger partial charge in [0, 0.05) is 18.7 Å². The number of amides is 2. The number of aromatic nitrogens is 3. The monoisotopic (exact) mass is 317 g/mol. The molecule has 0 atom stereocenters. The highest BCUT2D eigenvalue weighted by atomic mass is 16.6. The van der Waals surface area contributed by atoms with Gasteiger partial charge < -0.3 is 20.1 Å². The summed E-state index contributed by atoms with van der Waals surface area (Å²) in [4.78, 5) is 24.1. The summed E-state index contributed by atoms with van der Waals surface area (Å²) >= 11 is 0. The molecule has 0 fully saturated rings. The van der Waals surface area contributed by atoms with Gasteiger partial charge in [0.05, 0.1) is 6.20 Å². The molecule has 9 heteroatoms. The van der Waals surface area contributed by atoms with Crippen LogP contribution in [0.2, 0.25) is 0 Å². The molecule has 23 heavy (non-hydrogen) atoms. The molecule has 3 rings (SSSR count). The molecule has 120 valence electrons. The molecule has 0 spiro atoms. The van der Waals surface area contributed by atoms with Gasteiger partial charge in [-0.05, 0) is 12.1 Å². The van der Waals surface area contributed by atoms with Crippen LogP contribution in [0.3, 0.4) is 0 Å². The Hall–Kier alpha value is -3.10. The maximum atomic E-state index is 12.0. The molecular weight excluding hydrogens is 302 g/mol. The SMILES string of the molecule is CC(=O)Nc1cnn(CC(=O)Nc2ccc3c(c2)OCCO3)n1. The van der Waals surface area contributed by atoms with Gasteiger partial charge in [-0.3, -0.25) is 9.59 Å². The van der Waals surface area contributed by atoms with Crippen molar-refractivity contribution in [2.24, 2.45) is 0 Å². The number of nitrogens with one attached hydrogen (secondary N) is 2. The van der Waals surface area contributed by atoms with Gasteiger partial charge in [0.15, 0.2) is 17.3 Å². The van der Waals surface area contributed by atoms with Crippen LogP contribution in [0, 0.1) is 0 Å². The average molecular weight is 317 g/mol. The molecule has 0 unspecified atom stereocenters. The van der Waals surface area contributed by atoms with E-state index in [0.717, 1.165) is 0 Å². The predicted molar refractivity (Wildman–Crippen MR) is 80.4 cm³/mol. The van der Waals surface area contributed by atoms with Gasteiger partial charge in [-0.25, -0.2) is 0 Å². The number of rotatable bonds is 4. The summed E-state index contributed by atoms with van der Waals surface area (Å²) in [6.45, 7) is 2.29. The summed E-state index contributed by atoms with van der Waals surface area (Å²) in [6, 6.07) is 5.17. The number of hydrogen-bond donors (Lipinski definition) is 2. The molecular formula is C14H15N5O4. The molecule has 9 nitrogen and oxygen atoms in total. The first-order valence-electron chi connectivity index (χ1n) is 6.97. The van der Waals surface area contributed by atoms with Crippen molar-refractivity contribution in [1.82, 2.24) is 15.0 Å². The molecule has 0 saturated heterocycles. The highest BCUT2D eigenvalue weighted by Gasteiger charge is 2.13. The lowest BCUT2D eigenvalue weighted by Crippen LogP contribution is -2.21. The molecule has 1 aliphatic rings. The van der Waals surface area contributed by atoms with Crippen molar-refractivity contribution >= 4 is 23.3 Å². The summed E-state index contributed by atoms with van der Waals surface area (Å²) in [7, 11) is 0. The molecule has 0 radical (unpaired) electrons. The lowest BCUT2D eigenvalue weighted by atomic mass is 10.2. The smallest absolute Gasteiger partial charge is 0.247 e. The normalized spacial score (nSPS) is 12.6. The molecule has 0 aliphatic carbocycles. The van der Waals surface area contributed by atoms with Crippen LogP contribution in [0.1, 0.15) is 6.92 Å². The topological polar surface area (TPSA) is 107 Å². The van der Waals surface area contributed by atoms with E-state index in [1.165, 1.54) is 17.9 Å². The molecule has 2 N–H and O–H groups in total. The van der Waals surface area contributed by atoms with Crippen molar-refractivity contribution in [2.45, 2.75) is 13.5 Å². The fourth-order valence-electron chi connectivity index (χ4n) is 2.06. The number of benzene rings is 1. The Kier molecular flexibility index (Phi) is 4.09. The van der Waals surface area contributed by atoms with E-state index in [1.807, 2.05) is 0 Å². The van der Waals surface area contributed by atoms with Crippen LogP contribution in [0.4, 0.5) is 11.5 Å². The van der Waals surface area contributed by atoms with Crippen LogP contribution in [0.25, 0.3) is 0 Å². The molecule has 2 aromatic rings. The second-order valence-corrected chi connectivity index (χ2v) is 4.85. The van der Waals surface area contributed by atoms with Crippen molar-refractivity contribution < 1.29 is 19.1 Å². The van der Waals surface area contributed by atoms with Crippen LogP contribution in [-0.4, -0.2) is 40.0 Å². The first-order chi connectivity index (χ1) is 11.1. The van der Waals surface area contributed by atoms with E-state index in [-0.39, 0.29) is 18.4 Å². The first kappa shape index (κ1) is 14.8. The zero-order valence-electron chi connectivity index (χ0n) is 12.4. The highest BCUT2D eigenvalue weighted by molar-refractivity contribution is 5.91. The van der Waals surface area contributed by atoms with E-state index in [4.69, 9.17) is 9.47 Å². The van der Waals surface area contributed by atoms with Crippen molar-refractivity contribution in [3.05, 3.63) is 24.4 Å². The zero-order chi connectivity index (χ0) is 16.2. The van der Waals surface area contributed by atoms with Crippen molar-refractivity contribution in [3.8, 4) is 11.5 Å². The number of hydrogen-bond acceptors (Lipinski definition) is 6. The Morgan fingerprint density at radius 1 is 1.22 bits per heavy atom. The lowest BCUT2D eigenvalue weighted by Gasteiger charge is -2.18. The van der Waals surface area contributed by atoms with E-state index in [2.05, 4.69) is 20.8 Å². The average Bonchev–Trinajstić information content (AvgIpc) is 2.93. The van der Waals surface area contributed by atoms with Crippen molar-refractivity contribution in [3.63, 3.8) is 0 Å². The highest BCUT2D eigenvalue weighted by Crippen LogP contribution is 2.32. The Balaban J connectivity index is 1.61. The number of carbonyl (C=O) groups excluding carboxylic acids is 2. The number of fused-ring (bicyclic) bond motifs is 1. The van der Waals surface area contributed by atoms with Gasteiger partial charge in [0.2, 0.25) is 11.8 Å². The van der Waals surface area contributed by atoms with Crippen LogP contribution in [-0.2, 0) is 16.1 Å². The number of nitrogens with zero attached hydrogens (tertiary/aromatic N) is 3. The van der Waals surface area contributed by atoms with Crippen molar-refractivity contribution in [1.29, 1.82) is 0 Å². The second-order valence-electron chi connectivity index (χ2n) is 4.85. The lowest BCUT2D eigenvalue weighted by molar-refractivity contribution is -0.117. The fourth-order valence-corrected chi connectivity index (χ4v) is 2.06. The standard InChI is InChI=1S/C14H15N5O4/c1-9(20)16-13-7-15-19(18-13)8-14(21)17-10-2-3-11-12(6-10)23-5-4-22-11/h2-3,6-7H,4-5,8H2,1H3,(H,17,21)(H,16,18,20). The summed E-state index contributed by atoms with van der Waals surface area (Å²) in [5.41, 5.74) is 0.591. The molecule has 1 aliphatic heterocycles. The summed E-state index contributed by atoms with van der Waals surface area (Å²) in [5.74, 6) is 0.996. The molecule has 1 aromatic heterocycles. The van der Waals surface area contributed by atoms with Crippen LogP contribution in [0.15, 0.2) is 24.4 Å². The van der Waals surface area contributed by atoms with Crippen LogP contribution < -0.4 is 20.1 Å². The Labute approximate surface area is 131 Å². The van der Waals surface area contributed by atoms with Gasteiger partial charge in [-0.1, -0.05) is 0 Å². The van der Waals surface area contributed by atoms with Gasteiger partial charge in [-0.2, -0.15) is 9.90 Å². The summed E-state index contributed by atoms with van der Waals surface area (Å²) < 4.78 is 10.9. The molecule has 0 bridgehead atoms. The molecule has 1 aromatic carbocycles. The van der Waals surface area contributed by atoms with Crippen LogP contribution >= 0.6 is 0 Å². The number of ether oxygens (including phenoxy) is 2. The Morgan fingerprint density at radius 2 is 2.00 bits per heavy atom. The minimum absolute atomic E-state index is 0.0754. The fraction of sp³-hybridized carbons (Fsp3) is 0.286. The molecule has 0 saturated carbocycles. The van der Waals surface area contributed by atoms with E-state index in [0.29, 0.717) is 36.2 Å². The minimum Gasteiger partial charge on any atom is -0.486 e. The summed E-state index contributed by atoms with van der Waals surface area (Å²) in [5, 5.41) is 13.1. The molecule has 2 heterocycles. The van der Waals surface area contributed by atoms with Crippen molar-refractivity contribution in [2.75, 3.05) is 23.8 Å². The quantitative estimate of drug-likeness (QED) is 0.857. The van der Waals surface area contributed by atoms with E-state index in [1.54, 1.807) is 18.2 Å². The third-order valence-corrected chi connectivity index (χ3v) is 2.95. The first-order valence-corrected chi connectivity index (χ1v) is 6.97. The largest absolute Gasteiger partial charge is 0.486 e. The van der Waals surface area contributed by atoms with Gasteiger partial charge in [0.1, 0.15) is 19.8 Å². The van der Waals surface area contributed by atoms with Gasteiger partial charge >= 0.3 is 0 Å². The van der Waals surface area contributed by atoms with Crippen LogP contribution in [0.5, 0.6) is 11.5 Å². The summed E-state index contributed by atoms with van der Waals surface area (Å²) in [6.07, 6.45) is 1.37. The van der Waals surface area contributed by atoms with E-state index < -0.39 is 0 Å². The maximum absolute atomic E-state index is 12.0. The zero-order valence-corrected chi connectivity index (χ0v) is 12.4. The Bertz CT molecular complexity index is 743. The molecule has 2 amide bonds. The van der Waals surface area contributed by atoms with E-state index in [9.17, 15) is 9.59 Å². The minimum atomic E-state index is -0.299. The second kappa shape index (κ2) is 6.34. The number of carbonyl (C=O) groups is 2. The predicted octanol–water partition coefficient (Wildman–Crippen LogP) is 0.646. The third kappa shape index (κ3) is 3.76.